The van der Waals surface area contributed by atoms with Crippen molar-refractivity contribution < 1.29 is 8.83 Å². The smallest absolute Gasteiger partial charge is 0.180 e. The van der Waals surface area contributed by atoms with E-state index in [1.807, 2.05) is 85.8 Å². The molecule has 0 aliphatic rings. The zero-order valence-electron chi connectivity index (χ0n) is 31.9. The number of allylic oxidation sites excluding steroid dienone is 5. The molecular formula is C53H37N3O2. The summed E-state index contributed by atoms with van der Waals surface area (Å²) in [4.78, 5) is 10.3. The van der Waals surface area contributed by atoms with Crippen molar-refractivity contribution in [2.45, 2.75) is 6.92 Å². The number of rotatable bonds is 9. The van der Waals surface area contributed by atoms with Gasteiger partial charge in [-0.2, -0.15) is 0 Å². The molecule has 5 heteroatoms. The van der Waals surface area contributed by atoms with Crippen molar-refractivity contribution in [2.75, 3.05) is 0 Å². The van der Waals surface area contributed by atoms with E-state index in [0.29, 0.717) is 11.4 Å². The third-order valence-corrected chi connectivity index (χ3v) is 10.9. The largest absolute Gasteiger partial charge is 0.455 e. The Balaban J connectivity index is 1.12. The third kappa shape index (κ3) is 5.55. The SMILES string of the molecule is C=C/C=C(\C=C/C)n1c(C=C)c(C=C)c2cc(-c3ccc4oc5c(-c6ccc(-c7cccc8c7oc7ccccc78)cc6)nc(-c6ccccc6)nc5c4c3)ccc21. The molecule has 0 bridgehead atoms. The first-order valence-corrected chi connectivity index (χ1v) is 19.3. The predicted molar refractivity (Wildman–Crippen MR) is 243 cm³/mol. The van der Waals surface area contributed by atoms with Gasteiger partial charge in [0.1, 0.15) is 28.0 Å². The second-order valence-electron chi connectivity index (χ2n) is 14.2. The molecule has 10 aromatic rings. The molecule has 4 aromatic heterocycles. The molecule has 0 atom stereocenters. The standard InChI is InChI=1S/C53H37N3O2/c1-5-15-38(16-6-2)56-45(8-4)39(7-3)43-31-36(27-29-46(43)56)37-28-30-48-44(32-37)50-52(58-48)49(54-53(55-50)35-17-10-9-11-18-35)34-25-23-33(24-26-34)40-20-14-21-42-41-19-12-13-22-47(41)57-51(40)42/h5-32H,1,3-4H2,2H3/b16-6-,38-15+. The Morgan fingerprint density at radius 2 is 1.28 bits per heavy atom. The highest BCUT2D eigenvalue weighted by molar-refractivity contribution is 6.11. The Labute approximate surface area is 335 Å². The zero-order valence-corrected chi connectivity index (χ0v) is 31.9. The van der Waals surface area contributed by atoms with E-state index in [0.717, 1.165) is 105 Å². The molecule has 6 aromatic carbocycles. The fourth-order valence-electron chi connectivity index (χ4n) is 8.22. The van der Waals surface area contributed by atoms with E-state index in [1.54, 1.807) is 6.08 Å². The molecule has 0 N–H and O–H groups in total. The van der Waals surface area contributed by atoms with Crippen molar-refractivity contribution in [3.63, 3.8) is 0 Å². The molecule has 58 heavy (non-hydrogen) atoms. The summed E-state index contributed by atoms with van der Waals surface area (Å²) in [5.41, 5.74) is 14.7. The summed E-state index contributed by atoms with van der Waals surface area (Å²) in [7, 11) is 0. The molecule has 0 unspecified atom stereocenters. The van der Waals surface area contributed by atoms with Crippen molar-refractivity contribution in [1.82, 2.24) is 14.5 Å². The first-order chi connectivity index (χ1) is 28.6. The van der Waals surface area contributed by atoms with Crippen LogP contribution in [0.25, 0.3) is 118 Å². The van der Waals surface area contributed by atoms with Gasteiger partial charge in [-0.25, -0.2) is 9.97 Å². The number of fused-ring (bicyclic) bond motifs is 7. The van der Waals surface area contributed by atoms with Gasteiger partial charge in [-0.1, -0.05) is 141 Å². The van der Waals surface area contributed by atoms with Gasteiger partial charge >= 0.3 is 0 Å². The zero-order chi connectivity index (χ0) is 39.3. The van der Waals surface area contributed by atoms with Gasteiger partial charge in [0.2, 0.25) is 0 Å². The van der Waals surface area contributed by atoms with E-state index < -0.39 is 0 Å². The number of benzene rings is 6. The van der Waals surface area contributed by atoms with Crippen molar-refractivity contribution in [3.8, 4) is 44.9 Å². The van der Waals surface area contributed by atoms with Crippen molar-refractivity contribution in [2.24, 2.45) is 0 Å². The highest BCUT2D eigenvalue weighted by Gasteiger charge is 2.21. The van der Waals surface area contributed by atoms with Gasteiger partial charge in [0, 0.05) is 49.5 Å². The van der Waals surface area contributed by atoms with Crippen LogP contribution in [0, 0.1) is 0 Å². The molecule has 0 amide bonds. The van der Waals surface area contributed by atoms with E-state index >= 15 is 0 Å². The number of para-hydroxylation sites is 2. The maximum absolute atomic E-state index is 6.65. The first-order valence-electron chi connectivity index (χ1n) is 19.3. The molecule has 0 spiro atoms. The summed E-state index contributed by atoms with van der Waals surface area (Å²) in [6.45, 7) is 14.3. The lowest BCUT2D eigenvalue weighted by Crippen LogP contribution is -1.97. The monoisotopic (exact) mass is 747 g/mol. The summed E-state index contributed by atoms with van der Waals surface area (Å²) in [5.74, 6) is 0.632. The molecule has 5 nitrogen and oxygen atoms in total. The maximum atomic E-state index is 6.65. The highest BCUT2D eigenvalue weighted by atomic mass is 16.3. The Morgan fingerprint density at radius 1 is 0.586 bits per heavy atom. The molecule has 4 heterocycles. The fraction of sp³-hybridized carbons (Fsp3) is 0.0189. The fourth-order valence-corrected chi connectivity index (χ4v) is 8.22. The van der Waals surface area contributed by atoms with Gasteiger partial charge in [-0.15, -0.1) is 0 Å². The van der Waals surface area contributed by atoms with Crippen LogP contribution < -0.4 is 0 Å². The Hall–Kier alpha value is -7.76. The molecule has 276 valence electrons. The van der Waals surface area contributed by atoms with E-state index in [2.05, 4.69) is 109 Å². The molecular weight excluding hydrogens is 711 g/mol. The minimum atomic E-state index is 0.632. The van der Waals surface area contributed by atoms with Crippen LogP contribution in [0.15, 0.2) is 186 Å². The summed E-state index contributed by atoms with van der Waals surface area (Å²) < 4.78 is 15.2. The molecule has 0 aliphatic carbocycles. The molecule has 0 radical (unpaired) electrons. The minimum absolute atomic E-state index is 0.632. The van der Waals surface area contributed by atoms with Gasteiger partial charge in [0.25, 0.3) is 0 Å². The van der Waals surface area contributed by atoms with Crippen LogP contribution in [0.4, 0.5) is 0 Å². The lowest BCUT2D eigenvalue weighted by atomic mass is 9.99. The minimum Gasteiger partial charge on any atom is -0.455 e. The molecule has 0 saturated carbocycles. The molecule has 0 fully saturated rings. The number of aromatic nitrogens is 3. The predicted octanol–water partition coefficient (Wildman–Crippen LogP) is 14.8. The summed E-state index contributed by atoms with van der Waals surface area (Å²) >= 11 is 0. The van der Waals surface area contributed by atoms with Gasteiger partial charge in [0.15, 0.2) is 11.4 Å². The van der Waals surface area contributed by atoms with Crippen LogP contribution in [-0.4, -0.2) is 14.5 Å². The van der Waals surface area contributed by atoms with E-state index in [-0.39, 0.29) is 0 Å². The Morgan fingerprint density at radius 3 is 2.05 bits per heavy atom. The topological polar surface area (TPSA) is 57.0 Å². The molecule has 0 saturated heterocycles. The summed E-state index contributed by atoms with van der Waals surface area (Å²) in [5, 5.41) is 4.21. The second kappa shape index (κ2) is 14.1. The van der Waals surface area contributed by atoms with Gasteiger partial charge < -0.3 is 13.4 Å². The van der Waals surface area contributed by atoms with Crippen molar-refractivity contribution >= 4 is 72.8 Å². The lowest BCUT2D eigenvalue weighted by molar-refractivity contribution is 0.667. The molecule has 10 rings (SSSR count). The number of hydrogen-bond acceptors (Lipinski definition) is 4. The third-order valence-electron chi connectivity index (χ3n) is 10.9. The lowest BCUT2D eigenvalue weighted by Gasteiger charge is -2.10. The molecule has 0 aliphatic heterocycles. The quantitative estimate of drug-likeness (QED) is 0.138. The Bertz CT molecular complexity index is 3330. The van der Waals surface area contributed by atoms with Crippen LogP contribution in [-0.2, 0) is 0 Å². The van der Waals surface area contributed by atoms with Gasteiger partial charge in [-0.3, -0.25) is 0 Å². The number of hydrogen-bond donors (Lipinski definition) is 0. The van der Waals surface area contributed by atoms with Crippen LogP contribution in [0.2, 0.25) is 0 Å². The van der Waals surface area contributed by atoms with E-state index in [9.17, 15) is 0 Å². The van der Waals surface area contributed by atoms with Gasteiger partial charge in [-0.05, 0) is 72.2 Å². The highest BCUT2D eigenvalue weighted by Crippen LogP contribution is 2.41. The maximum Gasteiger partial charge on any atom is 0.180 e. The van der Waals surface area contributed by atoms with Crippen molar-refractivity contribution in [1.29, 1.82) is 0 Å². The van der Waals surface area contributed by atoms with Crippen LogP contribution in [0.3, 0.4) is 0 Å². The summed E-state index contributed by atoms with van der Waals surface area (Å²) in [6, 6.07) is 45.9. The first kappa shape index (κ1) is 34.7. The van der Waals surface area contributed by atoms with E-state index in [1.165, 1.54) is 0 Å². The average molecular weight is 748 g/mol. The van der Waals surface area contributed by atoms with Crippen LogP contribution in [0.1, 0.15) is 18.2 Å². The number of furan rings is 2. The second-order valence-corrected chi connectivity index (χ2v) is 14.2. The van der Waals surface area contributed by atoms with Crippen molar-refractivity contribution in [3.05, 3.63) is 189 Å². The van der Waals surface area contributed by atoms with Crippen LogP contribution >= 0.6 is 0 Å². The van der Waals surface area contributed by atoms with Gasteiger partial charge in [0.05, 0.1) is 11.2 Å². The van der Waals surface area contributed by atoms with E-state index in [4.69, 9.17) is 18.8 Å². The van der Waals surface area contributed by atoms with Crippen LogP contribution in [0.5, 0.6) is 0 Å². The Kier molecular flexibility index (Phi) is 8.42. The normalized spacial score (nSPS) is 12.1. The average Bonchev–Trinajstić information content (AvgIpc) is 3.95. The number of nitrogens with zero attached hydrogens (tertiary/aromatic N) is 3. The summed E-state index contributed by atoms with van der Waals surface area (Å²) in [6.07, 6.45) is 11.7.